The topological polar surface area (TPSA) is 64.1 Å². The molecular weight excluding hydrogens is 406 g/mol. The van der Waals surface area contributed by atoms with Gasteiger partial charge in [0.2, 0.25) is 0 Å². The van der Waals surface area contributed by atoms with E-state index in [0.29, 0.717) is 11.6 Å². The zero-order valence-corrected chi connectivity index (χ0v) is 19.3. The monoisotopic (exact) mass is 439 g/mol. The van der Waals surface area contributed by atoms with Crippen molar-refractivity contribution in [1.82, 2.24) is 4.98 Å². The zero-order valence-electron chi connectivity index (χ0n) is 19.3. The molecule has 0 unspecified atom stereocenters. The van der Waals surface area contributed by atoms with Crippen LogP contribution in [0.2, 0.25) is 0 Å². The Kier molecular flexibility index (Phi) is 7.27. The van der Waals surface area contributed by atoms with Crippen molar-refractivity contribution >= 4 is 17.5 Å². The molecule has 7 heteroatoms. The van der Waals surface area contributed by atoms with Crippen LogP contribution in [-0.2, 0) is 14.2 Å². The van der Waals surface area contributed by atoms with E-state index in [1.807, 2.05) is 25.3 Å². The van der Waals surface area contributed by atoms with Crippen molar-refractivity contribution in [3.8, 4) is 11.1 Å². The summed E-state index contributed by atoms with van der Waals surface area (Å²) in [6.07, 6.45) is 3.87. The third kappa shape index (κ3) is 4.74. The second-order valence-electron chi connectivity index (χ2n) is 8.29. The zero-order chi connectivity index (χ0) is 22.5. The quantitative estimate of drug-likeness (QED) is 0.636. The summed E-state index contributed by atoms with van der Waals surface area (Å²) in [5.74, 6) is 0.640. The Labute approximate surface area is 190 Å². The van der Waals surface area contributed by atoms with E-state index in [9.17, 15) is 4.79 Å². The number of rotatable bonds is 6. The van der Waals surface area contributed by atoms with Gasteiger partial charge in [-0.25, -0.2) is 9.78 Å². The number of carbonyl (C=O) groups is 1. The number of hydrogen-bond acceptors (Lipinski definition) is 7. The largest absolute Gasteiger partial charge is 0.465 e. The Hall–Kier alpha value is -2.64. The fourth-order valence-electron chi connectivity index (χ4n) is 4.64. The van der Waals surface area contributed by atoms with E-state index < -0.39 is 0 Å². The number of nitrogens with zero attached hydrogens (tertiary/aromatic N) is 3. The van der Waals surface area contributed by atoms with Crippen LogP contribution in [0.5, 0.6) is 0 Å². The molecule has 0 atom stereocenters. The minimum atomic E-state index is -0.313. The molecule has 2 aromatic rings. The average Bonchev–Trinajstić information content (AvgIpc) is 2.86. The number of anilines is 2. The second kappa shape index (κ2) is 10.3. The van der Waals surface area contributed by atoms with E-state index in [1.165, 1.54) is 7.11 Å². The number of carbonyl (C=O) groups excluding carboxylic acids is 1. The number of benzene rings is 1. The van der Waals surface area contributed by atoms with E-state index in [0.717, 1.165) is 87.1 Å². The highest BCUT2D eigenvalue weighted by molar-refractivity contribution is 5.95. The summed E-state index contributed by atoms with van der Waals surface area (Å²) in [4.78, 5) is 22.0. The fourth-order valence-corrected chi connectivity index (χ4v) is 4.64. The SMILES string of the molecule is CCN(c1cc(-c2ccc(N3CCOCC3)nc2)cc(C(=O)OC)c1C)C1CCOCC1. The minimum absolute atomic E-state index is 0.313. The van der Waals surface area contributed by atoms with Gasteiger partial charge in [0.1, 0.15) is 5.82 Å². The van der Waals surface area contributed by atoms with Gasteiger partial charge in [0, 0.05) is 56.3 Å². The van der Waals surface area contributed by atoms with Gasteiger partial charge in [-0.15, -0.1) is 0 Å². The van der Waals surface area contributed by atoms with Crippen molar-refractivity contribution in [3.05, 3.63) is 41.6 Å². The Morgan fingerprint density at radius 3 is 2.47 bits per heavy atom. The van der Waals surface area contributed by atoms with Gasteiger partial charge in [-0.1, -0.05) is 0 Å². The van der Waals surface area contributed by atoms with Crippen molar-refractivity contribution in [2.24, 2.45) is 0 Å². The molecule has 0 aliphatic carbocycles. The summed E-state index contributed by atoms with van der Waals surface area (Å²) in [6, 6.07) is 8.64. The third-order valence-electron chi connectivity index (χ3n) is 6.48. The van der Waals surface area contributed by atoms with Crippen LogP contribution in [0.4, 0.5) is 11.5 Å². The smallest absolute Gasteiger partial charge is 0.338 e. The number of aromatic nitrogens is 1. The first kappa shape index (κ1) is 22.6. The maximum atomic E-state index is 12.6. The summed E-state index contributed by atoms with van der Waals surface area (Å²) >= 11 is 0. The highest BCUT2D eigenvalue weighted by Crippen LogP contribution is 2.34. The van der Waals surface area contributed by atoms with Gasteiger partial charge in [-0.05, 0) is 62.1 Å². The summed E-state index contributed by atoms with van der Waals surface area (Å²) < 4.78 is 16.1. The van der Waals surface area contributed by atoms with Crippen LogP contribution in [0, 0.1) is 6.92 Å². The Morgan fingerprint density at radius 1 is 1.12 bits per heavy atom. The van der Waals surface area contributed by atoms with Gasteiger partial charge < -0.3 is 24.0 Å². The van der Waals surface area contributed by atoms with Gasteiger partial charge in [0.25, 0.3) is 0 Å². The summed E-state index contributed by atoms with van der Waals surface area (Å²) in [5, 5.41) is 0. The second-order valence-corrected chi connectivity index (χ2v) is 8.29. The molecule has 3 heterocycles. The van der Waals surface area contributed by atoms with E-state index in [2.05, 4.69) is 28.9 Å². The highest BCUT2D eigenvalue weighted by Gasteiger charge is 2.25. The van der Waals surface area contributed by atoms with Crippen LogP contribution in [-0.4, -0.2) is 70.2 Å². The van der Waals surface area contributed by atoms with E-state index >= 15 is 0 Å². The molecule has 0 saturated carbocycles. The first-order valence-electron chi connectivity index (χ1n) is 11.5. The molecule has 2 fully saturated rings. The molecule has 4 rings (SSSR count). The van der Waals surface area contributed by atoms with Crippen molar-refractivity contribution < 1.29 is 19.0 Å². The minimum Gasteiger partial charge on any atom is -0.465 e. The maximum Gasteiger partial charge on any atom is 0.338 e. The highest BCUT2D eigenvalue weighted by atomic mass is 16.5. The number of morpholine rings is 1. The van der Waals surface area contributed by atoms with Crippen LogP contribution in [0.15, 0.2) is 30.5 Å². The fraction of sp³-hybridized carbons (Fsp3) is 0.520. The van der Waals surface area contributed by atoms with Crippen molar-refractivity contribution in [2.45, 2.75) is 32.7 Å². The molecule has 7 nitrogen and oxygen atoms in total. The van der Waals surface area contributed by atoms with E-state index in [4.69, 9.17) is 19.2 Å². The van der Waals surface area contributed by atoms with Gasteiger partial charge in [-0.2, -0.15) is 0 Å². The van der Waals surface area contributed by atoms with E-state index in [-0.39, 0.29) is 5.97 Å². The van der Waals surface area contributed by atoms with E-state index in [1.54, 1.807) is 0 Å². The van der Waals surface area contributed by atoms with Gasteiger partial charge >= 0.3 is 5.97 Å². The van der Waals surface area contributed by atoms with Crippen molar-refractivity contribution in [2.75, 3.05) is 63.0 Å². The molecule has 172 valence electrons. The predicted molar refractivity (Wildman–Crippen MR) is 126 cm³/mol. The average molecular weight is 440 g/mol. The molecule has 2 aliphatic rings. The molecule has 2 saturated heterocycles. The molecule has 0 amide bonds. The molecule has 0 N–H and O–H groups in total. The number of esters is 1. The van der Waals surface area contributed by atoms with Gasteiger partial charge in [0.15, 0.2) is 0 Å². The van der Waals surface area contributed by atoms with Crippen molar-refractivity contribution in [1.29, 1.82) is 0 Å². The summed E-state index contributed by atoms with van der Waals surface area (Å²) in [6.45, 7) is 9.75. The van der Waals surface area contributed by atoms with Crippen molar-refractivity contribution in [3.63, 3.8) is 0 Å². The number of pyridine rings is 1. The van der Waals surface area contributed by atoms with Crippen LogP contribution in [0.1, 0.15) is 35.7 Å². The van der Waals surface area contributed by atoms with Gasteiger partial charge in [-0.3, -0.25) is 0 Å². The molecule has 32 heavy (non-hydrogen) atoms. The normalized spacial score (nSPS) is 17.3. The first-order valence-corrected chi connectivity index (χ1v) is 11.5. The molecule has 2 aliphatic heterocycles. The Morgan fingerprint density at radius 2 is 1.84 bits per heavy atom. The molecule has 0 bridgehead atoms. The van der Waals surface area contributed by atoms with Crippen LogP contribution in [0.3, 0.4) is 0 Å². The Bertz CT molecular complexity index is 920. The molecule has 0 radical (unpaired) electrons. The predicted octanol–water partition coefficient (Wildman–Crippen LogP) is 3.69. The molecular formula is C25H33N3O4. The molecule has 1 aromatic carbocycles. The lowest BCUT2D eigenvalue weighted by atomic mass is 9.96. The van der Waals surface area contributed by atoms with Crippen LogP contribution < -0.4 is 9.80 Å². The lowest BCUT2D eigenvalue weighted by Gasteiger charge is -2.37. The maximum absolute atomic E-state index is 12.6. The Balaban J connectivity index is 1.71. The number of hydrogen-bond donors (Lipinski definition) is 0. The lowest BCUT2D eigenvalue weighted by Crippen LogP contribution is -2.40. The van der Waals surface area contributed by atoms with Crippen LogP contribution in [0.25, 0.3) is 11.1 Å². The number of ether oxygens (including phenoxy) is 3. The lowest BCUT2D eigenvalue weighted by molar-refractivity contribution is 0.0599. The number of methoxy groups -OCH3 is 1. The first-order chi connectivity index (χ1) is 15.6. The standard InChI is InChI=1S/C25H33N3O4/c1-4-28(21-7-11-31-12-8-21)23-16-20(15-22(18(23)2)25(29)30-3)19-5-6-24(26-17-19)27-9-13-32-14-10-27/h5-6,15-17,21H,4,7-14H2,1-3H3. The van der Waals surface area contributed by atoms with Crippen LogP contribution >= 0.6 is 0 Å². The van der Waals surface area contributed by atoms with Gasteiger partial charge in [0.05, 0.1) is 25.9 Å². The molecule has 1 aromatic heterocycles. The summed E-state index contributed by atoms with van der Waals surface area (Å²) in [7, 11) is 1.43. The molecule has 0 spiro atoms. The third-order valence-corrected chi connectivity index (χ3v) is 6.48. The summed E-state index contributed by atoms with van der Waals surface area (Å²) in [5.41, 5.74) is 4.58.